The highest BCUT2D eigenvalue weighted by molar-refractivity contribution is 6.36. The highest BCUT2D eigenvalue weighted by Gasteiger charge is 2.20. The molecule has 1 heterocycles. The van der Waals surface area contributed by atoms with E-state index in [0.29, 0.717) is 11.3 Å². The number of aromatic nitrogens is 2. The van der Waals surface area contributed by atoms with E-state index in [-0.39, 0.29) is 32.9 Å². The van der Waals surface area contributed by atoms with Crippen LogP contribution in [0.4, 0.5) is 10.2 Å². The molecule has 1 aromatic heterocycles. The fourth-order valence-electron chi connectivity index (χ4n) is 2.53. The lowest BCUT2D eigenvalue weighted by atomic mass is 10.1. The van der Waals surface area contributed by atoms with Gasteiger partial charge in [-0.05, 0) is 31.2 Å². The van der Waals surface area contributed by atoms with Crippen molar-refractivity contribution in [3.63, 3.8) is 0 Å². The Hall–Kier alpha value is -2.90. The number of benzene rings is 2. The quantitative estimate of drug-likeness (QED) is 0.561. The number of anilines is 1. The Morgan fingerprint density at radius 2 is 1.89 bits per heavy atom. The third kappa shape index (κ3) is 4.00. The first-order valence-corrected chi connectivity index (χ1v) is 8.79. The first-order chi connectivity index (χ1) is 13.3. The lowest BCUT2D eigenvalue weighted by molar-refractivity contribution is 0.0697. The minimum Gasteiger partial charge on any atom is -0.478 e. The van der Waals surface area contributed by atoms with Crippen LogP contribution in [-0.2, 0) is 0 Å². The Morgan fingerprint density at radius 1 is 1.21 bits per heavy atom. The predicted octanol–water partition coefficient (Wildman–Crippen LogP) is 5.01. The zero-order valence-electron chi connectivity index (χ0n) is 14.5. The maximum Gasteiger partial charge on any atom is 0.335 e. The van der Waals surface area contributed by atoms with Gasteiger partial charge in [-0.25, -0.2) is 19.2 Å². The van der Waals surface area contributed by atoms with Crippen molar-refractivity contribution in [2.45, 2.75) is 13.0 Å². The van der Waals surface area contributed by atoms with Crippen molar-refractivity contribution in [1.29, 1.82) is 0 Å². The highest BCUT2D eigenvalue weighted by atomic mass is 35.5. The van der Waals surface area contributed by atoms with Crippen molar-refractivity contribution < 1.29 is 19.0 Å². The molecule has 0 spiro atoms. The molecule has 0 bridgehead atoms. The minimum atomic E-state index is -1.03. The van der Waals surface area contributed by atoms with Crippen LogP contribution in [0.5, 0.6) is 5.88 Å². The Bertz CT molecular complexity index is 1050. The third-order valence-corrected chi connectivity index (χ3v) is 4.68. The van der Waals surface area contributed by atoms with Gasteiger partial charge in [-0.2, -0.15) is 0 Å². The number of nitrogen functional groups attached to an aromatic ring is 1. The summed E-state index contributed by atoms with van der Waals surface area (Å²) < 4.78 is 19.5. The van der Waals surface area contributed by atoms with Crippen LogP contribution < -0.4 is 10.5 Å². The lowest BCUT2D eigenvalue weighted by Gasteiger charge is -2.18. The number of aromatic carboxylic acids is 1. The van der Waals surface area contributed by atoms with E-state index in [2.05, 4.69) is 9.97 Å². The summed E-state index contributed by atoms with van der Waals surface area (Å²) in [5.74, 6) is -1.61. The number of carboxylic acids is 1. The maximum atomic E-state index is 13.8. The summed E-state index contributed by atoms with van der Waals surface area (Å²) in [6, 6.07) is 8.63. The summed E-state index contributed by atoms with van der Waals surface area (Å²) in [4.78, 5) is 19.4. The molecule has 1 atom stereocenters. The molecule has 0 aliphatic rings. The molecule has 0 radical (unpaired) electrons. The van der Waals surface area contributed by atoms with Gasteiger partial charge in [0, 0.05) is 16.1 Å². The Kier molecular flexibility index (Phi) is 5.67. The zero-order valence-corrected chi connectivity index (χ0v) is 16.0. The molecule has 3 N–H and O–H groups in total. The second-order valence-electron chi connectivity index (χ2n) is 5.85. The van der Waals surface area contributed by atoms with Gasteiger partial charge >= 0.3 is 5.97 Å². The number of rotatable bonds is 5. The minimum absolute atomic E-state index is 0.0173. The molecule has 6 nitrogen and oxygen atoms in total. The van der Waals surface area contributed by atoms with Crippen LogP contribution in [-0.4, -0.2) is 21.0 Å². The Labute approximate surface area is 169 Å². The standard InChI is InChI=1S/C19H14Cl2FN3O3/c1-9(15-12(20)6-7-13(22)16(15)21)28-18-17(23)24-8-14(25-18)10-2-4-11(5-3-10)19(26)27/h2-9H,1H3,(H2,23,24)(H,26,27)/t9-/m1/s1. The van der Waals surface area contributed by atoms with Gasteiger partial charge in [-0.1, -0.05) is 35.3 Å². The van der Waals surface area contributed by atoms with Crippen LogP contribution >= 0.6 is 23.2 Å². The van der Waals surface area contributed by atoms with Gasteiger partial charge in [0.25, 0.3) is 5.88 Å². The highest BCUT2D eigenvalue weighted by Crippen LogP contribution is 2.35. The van der Waals surface area contributed by atoms with Crippen molar-refractivity contribution in [3.05, 3.63) is 69.6 Å². The first-order valence-electron chi connectivity index (χ1n) is 8.04. The summed E-state index contributed by atoms with van der Waals surface area (Å²) in [6.07, 6.45) is 0.682. The molecule has 0 unspecified atom stereocenters. The van der Waals surface area contributed by atoms with Crippen LogP contribution in [0.3, 0.4) is 0 Å². The number of hydrogen-bond acceptors (Lipinski definition) is 5. The molecular formula is C19H14Cl2FN3O3. The molecule has 0 fully saturated rings. The van der Waals surface area contributed by atoms with Crippen molar-refractivity contribution in [2.24, 2.45) is 0 Å². The van der Waals surface area contributed by atoms with Gasteiger partial charge in [0.2, 0.25) is 0 Å². The van der Waals surface area contributed by atoms with E-state index in [4.69, 9.17) is 38.8 Å². The number of ether oxygens (including phenoxy) is 1. The molecular weight excluding hydrogens is 408 g/mol. The first kappa shape index (κ1) is 19.9. The maximum absolute atomic E-state index is 13.8. The van der Waals surface area contributed by atoms with Gasteiger partial charge in [-0.3, -0.25) is 0 Å². The average Bonchev–Trinajstić information content (AvgIpc) is 2.67. The van der Waals surface area contributed by atoms with Crippen molar-refractivity contribution >= 4 is 35.0 Å². The Morgan fingerprint density at radius 3 is 2.54 bits per heavy atom. The monoisotopic (exact) mass is 421 g/mol. The second kappa shape index (κ2) is 8.00. The molecule has 0 aliphatic heterocycles. The van der Waals surface area contributed by atoms with Crippen LogP contribution in [0.25, 0.3) is 11.3 Å². The van der Waals surface area contributed by atoms with Gasteiger partial charge in [-0.15, -0.1) is 0 Å². The summed E-state index contributed by atoms with van der Waals surface area (Å²) in [7, 11) is 0. The summed E-state index contributed by atoms with van der Waals surface area (Å²) in [5, 5.41) is 9.08. The molecule has 2 aromatic carbocycles. The number of nitrogens with two attached hydrogens (primary N) is 1. The molecule has 0 saturated heterocycles. The van der Waals surface area contributed by atoms with Gasteiger partial charge < -0.3 is 15.6 Å². The SMILES string of the molecule is C[C@@H](Oc1nc(-c2ccc(C(=O)O)cc2)cnc1N)c1c(Cl)ccc(F)c1Cl. The number of halogens is 3. The van der Waals surface area contributed by atoms with E-state index in [1.165, 1.54) is 24.4 Å². The second-order valence-corrected chi connectivity index (χ2v) is 6.63. The van der Waals surface area contributed by atoms with Crippen molar-refractivity contribution in [3.8, 4) is 17.1 Å². The molecule has 0 amide bonds. The number of hydrogen-bond donors (Lipinski definition) is 2. The number of nitrogens with zero attached hydrogens (tertiary/aromatic N) is 2. The van der Waals surface area contributed by atoms with E-state index in [0.717, 1.165) is 6.07 Å². The van der Waals surface area contributed by atoms with Crippen LogP contribution in [0.2, 0.25) is 10.0 Å². The molecule has 28 heavy (non-hydrogen) atoms. The number of carbonyl (C=O) groups is 1. The fourth-order valence-corrected chi connectivity index (χ4v) is 3.21. The van der Waals surface area contributed by atoms with E-state index >= 15 is 0 Å². The largest absolute Gasteiger partial charge is 0.478 e. The smallest absolute Gasteiger partial charge is 0.335 e. The van der Waals surface area contributed by atoms with E-state index in [1.807, 2.05) is 0 Å². The molecule has 3 aromatic rings. The Balaban J connectivity index is 1.92. The average molecular weight is 422 g/mol. The molecule has 0 saturated carbocycles. The molecule has 9 heteroatoms. The van der Waals surface area contributed by atoms with Crippen molar-refractivity contribution in [2.75, 3.05) is 5.73 Å². The van der Waals surface area contributed by atoms with Gasteiger partial charge in [0.1, 0.15) is 11.9 Å². The molecule has 0 aliphatic carbocycles. The topological polar surface area (TPSA) is 98.3 Å². The molecule has 144 valence electrons. The summed E-state index contributed by atoms with van der Waals surface area (Å²) in [5.41, 5.74) is 7.30. The van der Waals surface area contributed by atoms with Gasteiger partial charge in [0.15, 0.2) is 5.82 Å². The van der Waals surface area contributed by atoms with E-state index in [9.17, 15) is 9.18 Å². The van der Waals surface area contributed by atoms with Crippen LogP contribution in [0.15, 0.2) is 42.6 Å². The van der Waals surface area contributed by atoms with E-state index < -0.39 is 17.9 Å². The summed E-state index contributed by atoms with van der Waals surface area (Å²) in [6.45, 7) is 1.63. The van der Waals surface area contributed by atoms with Gasteiger partial charge in [0.05, 0.1) is 22.5 Å². The van der Waals surface area contributed by atoms with Crippen LogP contribution in [0, 0.1) is 5.82 Å². The predicted molar refractivity (Wildman–Crippen MR) is 104 cm³/mol. The fraction of sp³-hybridized carbons (Fsp3) is 0.105. The third-order valence-electron chi connectivity index (χ3n) is 3.97. The van der Waals surface area contributed by atoms with Crippen molar-refractivity contribution in [1.82, 2.24) is 9.97 Å². The summed E-state index contributed by atoms with van der Waals surface area (Å²) >= 11 is 12.1. The lowest BCUT2D eigenvalue weighted by Crippen LogP contribution is -2.09. The molecule has 3 rings (SSSR count). The van der Waals surface area contributed by atoms with Crippen LogP contribution in [0.1, 0.15) is 28.9 Å². The number of carboxylic acid groups (broad SMARTS) is 1. The normalized spacial score (nSPS) is 11.9. The van der Waals surface area contributed by atoms with E-state index in [1.54, 1.807) is 19.1 Å². The zero-order chi connectivity index (χ0) is 20.4.